The standard InChI is InChI=1S/2C63H39N3/c1-3-17-41(18-4-1)59-39-60(66-63(65-59)43-19-5-2-6-20-43)42-33-31-40(32-34-42)54-37-58-56(55-35-44-21-7-9-23-46(44)48-25-11-13-27-50(48)55)38-61(64-62(58)53-30-16-15-29-52(53)54)57-36-45-22-8-10-24-47(45)49-26-12-14-28-51(49)57;1-3-17-41(18-4-1)59-39-60(42-19-5-2-6-20-42)66-63(65-59)43-33-31-40(32-34-43)54-37-58-56(55-35-44-21-7-9-23-46(44)48-25-11-13-27-50(48)55)38-61(64-62(58)53-30-16-15-29-52(53)54)57-36-45-22-8-10-24-47(45)49-26-12-14-28-51(49)57/h2*1-39H. The van der Waals surface area contributed by atoms with E-state index in [0.29, 0.717) is 11.6 Å². The Balaban J connectivity index is 0.000000142. The van der Waals surface area contributed by atoms with Crippen molar-refractivity contribution in [3.05, 3.63) is 473 Å². The predicted molar refractivity (Wildman–Crippen MR) is 555 cm³/mol. The predicted octanol–water partition coefficient (Wildman–Crippen LogP) is 33.6. The van der Waals surface area contributed by atoms with Crippen molar-refractivity contribution in [2.75, 3.05) is 0 Å². The molecule has 0 amide bonds. The zero-order valence-corrected chi connectivity index (χ0v) is 71.7. The second kappa shape index (κ2) is 32.4. The van der Waals surface area contributed by atoms with E-state index in [0.717, 1.165) is 155 Å². The van der Waals surface area contributed by atoms with E-state index in [1.165, 1.54) is 97.3 Å². The van der Waals surface area contributed by atoms with Gasteiger partial charge in [-0.05, 0) is 202 Å². The molecule has 0 aliphatic rings. The monoisotopic (exact) mass is 1670 g/mol. The Kier molecular flexibility index (Phi) is 18.8. The van der Waals surface area contributed by atoms with Crippen LogP contribution in [0.25, 0.3) is 264 Å². The van der Waals surface area contributed by atoms with Gasteiger partial charge in [0.25, 0.3) is 0 Å². The lowest BCUT2D eigenvalue weighted by Crippen LogP contribution is -1.96. The molecule has 0 saturated heterocycles. The molecule has 0 atom stereocenters. The summed E-state index contributed by atoms with van der Waals surface area (Å²) >= 11 is 0. The van der Waals surface area contributed by atoms with Crippen molar-refractivity contribution in [3.63, 3.8) is 0 Å². The van der Waals surface area contributed by atoms with Gasteiger partial charge in [0.1, 0.15) is 0 Å². The van der Waals surface area contributed by atoms with Crippen molar-refractivity contribution < 1.29 is 0 Å². The lowest BCUT2D eigenvalue weighted by Gasteiger charge is -2.18. The van der Waals surface area contributed by atoms with E-state index in [4.69, 9.17) is 29.9 Å². The van der Waals surface area contributed by atoms with Crippen molar-refractivity contribution in [2.45, 2.75) is 0 Å². The zero-order chi connectivity index (χ0) is 87.1. The number of aromatic nitrogens is 6. The molecular weight excluding hydrogens is 1600 g/mol. The summed E-state index contributed by atoms with van der Waals surface area (Å²) in [7, 11) is 0. The summed E-state index contributed by atoms with van der Waals surface area (Å²) in [6.07, 6.45) is 0. The van der Waals surface area contributed by atoms with Gasteiger partial charge in [-0.15, -0.1) is 0 Å². The first-order valence-electron chi connectivity index (χ1n) is 45.0. The Morgan fingerprint density at radius 3 is 0.636 bits per heavy atom. The van der Waals surface area contributed by atoms with Gasteiger partial charge in [-0.3, -0.25) is 0 Å². The Labute approximate surface area is 762 Å². The van der Waals surface area contributed by atoms with Crippen molar-refractivity contribution >= 4 is 130 Å². The van der Waals surface area contributed by atoms with Gasteiger partial charge in [0.15, 0.2) is 11.6 Å². The number of pyridine rings is 2. The fourth-order valence-corrected chi connectivity index (χ4v) is 20.2. The highest BCUT2D eigenvalue weighted by molar-refractivity contribution is 6.25. The molecule has 612 valence electrons. The molecular formula is C126H78N6. The molecule has 6 heteroatoms. The largest absolute Gasteiger partial charge is 0.247 e. The Hall–Kier alpha value is -17.6. The summed E-state index contributed by atoms with van der Waals surface area (Å²) in [5.74, 6) is 1.39. The minimum Gasteiger partial charge on any atom is -0.247 e. The molecule has 0 unspecified atom stereocenters. The van der Waals surface area contributed by atoms with E-state index < -0.39 is 0 Å². The highest BCUT2D eigenvalue weighted by atomic mass is 14.9. The average Bonchev–Trinajstić information content (AvgIpc) is 0.725. The molecule has 0 saturated carbocycles. The number of nitrogens with zero attached hydrogens (tertiary/aromatic N) is 6. The lowest BCUT2D eigenvalue weighted by molar-refractivity contribution is 1.18. The minimum atomic E-state index is 0.688. The maximum Gasteiger partial charge on any atom is 0.160 e. The van der Waals surface area contributed by atoms with Crippen LogP contribution in [-0.2, 0) is 0 Å². The second-order valence-electron chi connectivity index (χ2n) is 34.1. The van der Waals surface area contributed by atoms with Gasteiger partial charge < -0.3 is 0 Å². The molecule has 0 fully saturated rings. The van der Waals surface area contributed by atoms with Crippen LogP contribution in [0.3, 0.4) is 0 Å². The van der Waals surface area contributed by atoms with Crippen LogP contribution >= 0.6 is 0 Å². The van der Waals surface area contributed by atoms with Crippen LogP contribution in [0.2, 0.25) is 0 Å². The third-order valence-electron chi connectivity index (χ3n) is 26.5. The summed E-state index contributed by atoms with van der Waals surface area (Å²) in [6, 6.07) is 170. The molecule has 26 aromatic rings. The summed E-state index contributed by atoms with van der Waals surface area (Å²) in [5.41, 5.74) is 25.0. The van der Waals surface area contributed by atoms with E-state index in [9.17, 15) is 0 Å². The summed E-state index contributed by atoms with van der Waals surface area (Å²) in [5, 5.41) is 26.3. The molecule has 0 aliphatic carbocycles. The first-order chi connectivity index (χ1) is 65.4. The molecule has 4 heterocycles. The first kappa shape index (κ1) is 76.8. The highest BCUT2D eigenvalue weighted by Crippen LogP contribution is 2.49. The molecule has 4 aromatic heterocycles. The van der Waals surface area contributed by atoms with Crippen LogP contribution in [0, 0.1) is 0 Å². The zero-order valence-electron chi connectivity index (χ0n) is 71.7. The van der Waals surface area contributed by atoms with Crippen molar-refractivity contribution in [3.8, 4) is 135 Å². The van der Waals surface area contributed by atoms with Crippen LogP contribution in [0.15, 0.2) is 473 Å². The summed E-state index contributed by atoms with van der Waals surface area (Å²) in [4.78, 5) is 31.8. The highest BCUT2D eigenvalue weighted by Gasteiger charge is 2.25. The van der Waals surface area contributed by atoms with Gasteiger partial charge in [-0.2, -0.15) is 0 Å². The summed E-state index contributed by atoms with van der Waals surface area (Å²) in [6.45, 7) is 0. The van der Waals surface area contributed by atoms with E-state index in [2.05, 4.69) is 437 Å². The normalized spacial score (nSPS) is 11.6. The summed E-state index contributed by atoms with van der Waals surface area (Å²) < 4.78 is 0. The molecule has 26 rings (SSSR count). The number of fused-ring (bicyclic) bond motifs is 18. The maximum atomic E-state index is 5.70. The van der Waals surface area contributed by atoms with E-state index in [1.807, 2.05) is 36.4 Å². The first-order valence-corrected chi connectivity index (χ1v) is 45.0. The Morgan fingerprint density at radius 2 is 0.318 bits per heavy atom. The second-order valence-corrected chi connectivity index (χ2v) is 34.1. The van der Waals surface area contributed by atoms with E-state index in [1.54, 1.807) is 0 Å². The topological polar surface area (TPSA) is 77.3 Å². The van der Waals surface area contributed by atoms with Crippen LogP contribution in [0.1, 0.15) is 0 Å². The van der Waals surface area contributed by atoms with Gasteiger partial charge in [-0.25, -0.2) is 29.9 Å². The van der Waals surface area contributed by atoms with E-state index >= 15 is 0 Å². The SMILES string of the molecule is c1ccc(-c2cc(-c3ccc(-c4cc5c(-c6cc7ccccc7c7ccccc67)cc(-c6cc7ccccc7c7ccccc67)nc5c5ccccc45)cc3)nc(-c3ccccc3)n2)cc1.c1ccc(-c2cc(-c3ccccc3)nc(-c3ccc(-c4cc5c(-c6cc7ccccc7c7ccccc67)cc(-c6cc7ccccc7c7ccccc67)nc5c5ccccc45)cc3)n2)cc1. The quantitative estimate of drug-likeness (QED) is 0.113. The van der Waals surface area contributed by atoms with Crippen molar-refractivity contribution in [1.29, 1.82) is 0 Å². The van der Waals surface area contributed by atoms with Crippen molar-refractivity contribution in [1.82, 2.24) is 29.9 Å². The molecule has 0 radical (unpaired) electrons. The van der Waals surface area contributed by atoms with Crippen LogP contribution in [-0.4, -0.2) is 29.9 Å². The maximum absolute atomic E-state index is 5.70. The lowest BCUT2D eigenvalue weighted by atomic mass is 9.87. The fraction of sp³-hybridized carbons (Fsp3) is 0. The van der Waals surface area contributed by atoms with Crippen molar-refractivity contribution in [2.24, 2.45) is 0 Å². The van der Waals surface area contributed by atoms with Gasteiger partial charge in [0.05, 0.1) is 45.2 Å². The Morgan fingerprint density at radius 1 is 0.106 bits per heavy atom. The molecule has 0 spiro atoms. The molecule has 6 nitrogen and oxygen atoms in total. The third-order valence-corrected chi connectivity index (χ3v) is 26.5. The van der Waals surface area contributed by atoms with Gasteiger partial charge in [0, 0.05) is 66.1 Å². The smallest absolute Gasteiger partial charge is 0.160 e. The molecule has 0 aliphatic heterocycles. The number of rotatable bonds is 12. The molecule has 0 N–H and O–H groups in total. The number of hydrogen-bond donors (Lipinski definition) is 0. The third kappa shape index (κ3) is 13.6. The van der Waals surface area contributed by atoms with E-state index in [-0.39, 0.29) is 0 Å². The minimum absolute atomic E-state index is 0.688. The van der Waals surface area contributed by atoms with Gasteiger partial charge in [-0.1, -0.05) is 413 Å². The van der Waals surface area contributed by atoms with Crippen LogP contribution < -0.4 is 0 Å². The van der Waals surface area contributed by atoms with Gasteiger partial charge in [0.2, 0.25) is 0 Å². The fourth-order valence-electron chi connectivity index (χ4n) is 20.2. The van der Waals surface area contributed by atoms with Crippen LogP contribution in [0.4, 0.5) is 0 Å². The molecule has 132 heavy (non-hydrogen) atoms. The molecule has 0 bridgehead atoms. The number of hydrogen-bond acceptors (Lipinski definition) is 6. The Bertz CT molecular complexity index is 8470. The number of benzene rings is 22. The van der Waals surface area contributed by atoms with Crippen LogP contribution in [0.5, 0.6) is 0 Å². The average molecular weight is 1680 g/mol. The molecule has 22 aromatic carbocycles. The van der Waals surface area contributed by atoms with Gasteiger partial charge >= 0.3 is 0 Å².